The molecule has 0 aromatic rings. The van der Waals surface area contributed by atoms with Gasteiger partial charge < -0.3 is 0 Å². The van der Waals surface area contributed by atoms with E-state index in [4.69, 9.17) is 0 Å². The van der Waals surface area contributed by atoms with E-state index in [1.54, 1.807) is 0 Å². The van der Waals surface area contributed by atoms with Crippen LogP contribution in [-0.2, 0) is 4.79 Å². The third kappa shape index (κ3) is 1.54. The summed E-state index contributed by atoms with van der Waals surface area (Å²) in [5.74, 6) is 2.85. The van der Waals surface area contributed by atoms with Crippen molar-refractivity contribution < 1.29 is 4.79 Å². The quantitative estimate of drug-likeness (QED) is 0.620. The summed E-state index contributed by atoms with van der Waals surface area (Å²) in [5, 5.41) is 0. The van der Waals surface area contributed by atoms with Crippen molar-refractivity contribution in [3.05, 3.63) is 0 Å². The zero-order valence-electron chi connectivity index (χ0n) is 8.26. The molecule has 3 heteroatoms. The lowest BCUT2D eigenvalue weighted by Gasteiger charge is -2.31. The van der Waals surface area contributed by atoms with E-state index in [2.05, 4.69) is 13.8 Å². The van der Waals surface area contributed by atoms with Crippen LogP contribution in [0.3, 0.4) is 0 Å². The molecule has 1 saturated heterocycles. The molecule has 0 bridgehead atoms. The highest BCUT2D eigenvalue weighted by molar-refractivity contribution is 8.19. The van der Waals surface area contributed by atoms with Crippen molar-refractivity contribution in [3.63, 3.8) is 0 Å². The van der Waals surface area contributed by atoms with Gasteiger partial charge in [0.25, 0.3) is 0 Å². The van der Waals surface area contributed by atoms with Gasteiger partial charge in [-0.15, -0.1) is 23.5 Å². The smallest absolute Gasteiger partial charge is 0.164 e. The molecule has 13 heavy (non-hydrogen) atoms. The second kappa shape index (κ2) is 3.20. The number of thioether (sulfide) groups is 2. The molecular formula is C10H16OS2. The maximum atomic E-state index is 12.2. The van der Waals surface area contributed by atoms with Gasteiger partial charge >= 0.3 is 0 Å². The van der Waals surface area contributed by atoms with Crippen LogP contribution in [0.2, 0.25) is 0 Å². The van der Waals surface area contributed by atoms with Gasteiger partial charge in [0.1, 0.15) is 4.08 Å². The lowest BCUT2D eigenvalue weighted by atomic mass is 9.91. The molecule has 1 aliphatic carbocycles. The fraction of sp³-hybridized carbons (Fsp3) is 0.900. The minimum atomic E-state index is -0.0582. The van der Waals surface area contributed by atoms with Crippen molar-refractivity contribution in [2.24, 2.45) is 5.41 Å². The Balaban J connectivity index is 2.20. The van der Waals surface area contributed by atoms with Crippen molar-refractivity contribution in [2.75, 3.05) is 11.5 Å². The fourth-order valence-electron chi connectivity index (χ4n) is 2.07. The molecule has 2 fully saturated rings. The average Bonchev–Trinajstić information content (AvgIpc) is 2.33. The Morgan fingerprint density at radius 2 is 1.77 bits per heavy atom. The normalized spacial score (nSPS) is 31.1. The number of carbonyl (C=O) groups excluding carboxylic acids is 1. The molecule has 2 aliphatic rings. The topological polar surface area (TPSA) is 17.1 Å². The minimum Gasteiger partial charge on any atom is -0.297 e. The Hall–Kier alpha value is 0.370. The maximum absolute atomic E-state index is 12.2. The molecule has 1 aliphatic heterocycles. The molecule has 0 atom stereocenters. The van der Waals surface area contributed by atoms with E-state index in [9.17, 15) is 4.79 Å². The van der Waals surface area contributed by atoms with E-state index in [0.29, 0.717) is 5.78 Å². The van der Waals surface area contributed by atoms with Gasteiger partial charge in [-0.05, 0) is 30.8 Å². The van der Waals surface area contributed by atoms with E-state index >= 15 is 0 Å². The lowest BCUT2D eigenvalue weighted by molar-refractivity contribution is -0.124. The Morgan fingerprint density at radius 1 is 1.15 bits per heavy atom. The zero-order valence-corrected chi connectivity index (χ0v) is 9.89. The predicted molar refractivity (Wildman–Crippen MR) is 60.3 cm³/mol. The number of Topliss-reactive ketones (excluding diaryl/α,β-unsaturated/α-hetero) is 1. The molecule has 74 valence electrons. The third-order valence-electron chi connectivity index (χ3n) is 3.00. The largest absolute Gasteiger partial charge is 0.297 e. The van der Waals surface area contributed by atoms with Crippen molar-refractivity contribution in [1.29, 1.82) is 0 Å². The molecule has 0 aromatic carbocycles. The summed E-state index contributed by atoms with van der Waals surface area (Å²) in [4.78, 5) is 12.2. The summed E-state index contributed by atoms with van der Waals surface area (Å²) in [6.45, 7) is 4.19. The minimum absolute atomic E-state index is 0.0399. The molecule has 0 amide bonds. The SMILES string of the molecule is CC1(C)CCC2(SCCCS2)C1=O. The average molecular weight is 216 g/mol. The van der Waals surface area contributed by atoms with Gasteiger partial charge in [-0.25, -0.2) is 0 Å². The highest BCUT2D eigenvalue weighted by Crippen LogP contribution is 2.55. The van der Waals surface area contributed by atoms with Crippen LogP contribution in [0.15, 0.2) is 0 Å². The first-order chi connectivity index (χ1) is 6.07. The van der Waals surface area contributed by atoms with Crippen LogP contribution in [0.4, 0.5) is 0 Å². The highest BCUT2D eigenvalue weighted by atomic mass is 32.2. The highest BCUT2D eigenvalue weighted by Gasteiger charge is 2.53. The predicted octanol–water partition coefficient (Wildman–Crippen LogP) is 2.94. The van der Waals surface area contributed by atoms with E-state index in [0.717, 1.165) is 12.8 Å². The summed E-state index contributed by atoms with van der Waals surface area (Å²) in [6.07, 6.45) is 3.44. The van der Waals surface area contributed by atoms with Crippen LogP contribution in [0.1, 0.15) is 33.1 Å². The first-order valence-electron chi connectivity index (χ1n) is 4.90. The zero-order chi connectivity index (χ0) is 9.53. The second-order valence-corrected chi connectivity index (χ2v) is 7.56. The first-order valence-corrected chi connectivity index (χ1v) is 6.87. The molecule has 0 radical (unpaired) electrons. The summed E-state index contributed by atoms with van der Waals surface area (Å²) < 4.78 is -0.0399. The van der Waals surface area contributed by atoms with Crippen LogP contribution in [0.25, 0.3) is 0 Å². The van der Waals surface area contributed by atoms with Crippen LogP contribution in [0.5, 0.6) is 0 Å². The van der Waals surface area contributed by atoms with Gasteiger partial charge in [-0.2, -0.15) is 0 Å². The van der Waals surface area contributed by atoms with Crippen molar-refractivity contribution in [1.82, 2.24) is 0 Å². The summed E-state index contributed by atoms with van der Waals surface area (Å²) in [5.41, 5.74) is -0.0582. The van der Waals surface area contributed by atoms with E-state index in [1.165, 1.54) is 17.9 Å². The maximum Gasteiger partial charge on any atom is 0.164 e. The summed E-state index contributed by atoms with van der Waals surface area (Å²) in [7, 11) is 0. The van der Waals surface area contributed by atoms with Gasteiger partial charge in [0.15, 0.2) is 5.78 Å². The molecule has 1 spiro atoms. The molecular weight excluding hydrogens is 200 g/mol. The Morgan fingerprint density at radius 3 is 2.23 bits per heavy atom. The van der Waals surface area contributed by atoms with Gasteiger partial charge in [0.05, 0.1) is 0 Å². The number of ketones is 1. The Labute approximate surface area is 88.4 Å². The number of carbonyl (C=O) groups is 1. The second-order valence-electron chi connectivity index (χ2n) is 4.52. The van der Waals surface area contributed by atoms with E-state index in [1.807, 2.05) is 23.5 Å². The molecule has 0 N–H and O–H groups in total. The van der Waals surface area contributed by atoms with Crippen LogP contribution in [-0.4, -0.2) is 21.4 Å². The first kappa shape index (κ1) is 9.91. The molecule has 2 rings (SSSR count). The van der Waals surface area contributed by atoms with Crippen LogP contribution >= 0.6 is 23.5 Å². The molecule has 1 nitrogen and oxygen atoms in total. The van der Waals surface area contributed by atoms with Gasteiger partial charge in [-0.3, -0.25) is 4.79 Å². The van der Waals surface area contributed by atoms with Gasteiger partial charge in [-0.1, -0.05) is 13.8 Å². The van der Waals surface area contributed by atoms with Crippen LogP contribution in [0, 0.1) is 5.41 Å². The van der Waals surface area contributed by atoms with Crippen molar-refractivity contribution in [2.45, 2.75) is 37.2 Å². The Kier molecular flexibility index (Phi) is 2.44. The van der Waals surface area contributed by atoms with E-state index in [-0.39, 0.29) is 9.49 Å². The molecule has 0 unspecified atom stereocenters. The summed E-state index contributed by atoms with van der Waals surface area (Å²) in [6, 6.07) is 0. The van der Waals surface area contributed by atoms with Crippen molar-refractivity contribution >= 4 is 29.3 Å². The van der Waals surface area contributed by atoms with Gasteiger partial charge in [0.2, 0.25) is 0 Å². The summed E-state index contributed by atoms with van der Waals surface area (Å²) >= 11 is 3.79. The molecule has 0 aromatic heterocycles. The monoisotopic (exact) mass is 216 g/mol. The molecule has 1 heterocycles. The third-order valence-corrected chi connectivity index (χ3v) is 6.40. The van der Waals surface area contributed by atoms with E-state index < -0.39 is 0 Å². The van der Waals surface area contributed by atoms with Crippen molar-refractivity contribution in [3.8, 4) is 0 Å². The Bertz CT molecular complexity index is 229. The van der Waals surface area contributed by atoms with Gasteiger partial charge in [0, 0.05) is 5.41 Å². The van der Waals surface area contributed by atoms with Crippen LogP contribution < -0.4 is 0 Å². The standard InChI is InChI=1S/C10H16OS2/c1-9(2)4-5-10(8(9)11)12-6-3-7-13-10/h3-7H2,1-2H3. The number of hydrogen-bond donors (Lipinski definition) is 0. The fourth-order valence-corrected chi connectivity index (χ4v) is 5.63. The molecule has 1 saturated carbocycles. The number of rotatable bonds is 0. The lowest BCUT2D eigenvalue weighted by Crippen LogP contribution is -2.35. The number of hydrogen-bond acceptors (Lipinski definition) is 3.